The van der Waals surface area contributed by atoms with E-state index in [0.717, 1.165) is 48.0 Å². The van der Waals surface area contributed by atoms with Crippen LogP contribution in [0.3, 0.4) is 0 Å². The Morgan fingerprint density at radius 3 is 2.83 bits per heavy atom. The van der Waals surface area contributed by atoms with Gasteiger partial charge in [0.05, 0.1) is 17.9 Å². The molecule has 1 atom stereocenters. The second-order valence-electron chi connectivity index (χ2n) is 7.28. The van der Waals surface area contributed by atoms with Gasteiger partial charge in [-0.15, -0.1) is 0 Å². The minimum Gasteiger partial charge on any atom is -0.429 e. The molecule has 1 aliphatic rings. The number of aryl methyl sites for hydroxylation is 2. The third kappa shape index (κ3) is 3.61. The summed E-state index contributed by atoms with van der Waals surface area (Å²) in [4.78, 5) is 20.0. The fourth-order valence-electron chi connectivity index (χ4n) is 3.65. The summed E-state index contributed by atoms with van der Waals surface area (Å²) in [5.41, 5.74) is 2.36. The van der Waals surface area contributed by atoms with E-state index in [1.165, 1.54) is 0 Å². The molecular weight excluding hydrogens is 382 g/mol. The van der Waals surface area contributed by atoms with Crippen LogP contribution in [-0.4, -0.2) is 31.6 Å². The van der Waals surface area contributed by atoms with Crippen LogP contribution in [0.15, 0.2) is 51.7 Å². The Morgan fingerprint density at radius 2 is 2.03 bits per heavy atom. The van der Waals surface area contributed by atoms with E-state index < -0.39 is 0 Å². The smallest absolute Gasteiger partial charge is 0.300 e. The summed E-state index contributed by atoms with van der Waals surface area (Å²) in [5.74, 6) is 2.80. The van der Waals surface area contributed by atoms with Crippen LogP contribution in [0.1, 0.15) is 36.1 Å². The Kier molecular flexibility index (Phi) is 4.62. The summed E-state index contributed by atoms with van der Waals surface area (Å²) in [5, 5.41) is 7.32. The van der Waals surface area contributed by atoms with Crippen LogP contribution >= 0.6 is 0 Å². The molecular formula is C21H21N7O2. The van der Waals surface area contributed by atoms with Gasteiger partial charge in [-0.25, -0.2) is 9.97 Å². The molecule has 0 amide bonds. The zero-order valence-corrected chi connectivity index (χ0v) is 16.7. The Balaban J connectivity index is 1.42. The van der Waals surface area contributed by atoms with Gasteiger partial charge in [0.15, 0.2) is 5.76 Å². The highest BCUT2D eigenvalue weighted by atomic mass is 16.5. The van der Waals surface area contributed by atoms with Gasteiger partial charge in [0.25, 0.3) is 6.01 Å². The van der Waals surface area contributed by atoms with Crippen molar-refractivity contribution in [3.8, 4) is 11.4 Å². The first-order valence-electron chi connectivity index (χ1n) is 9.85. The number of pyridine rings is 1. The molecule has 4 aromatic heterocycles. The van der Waals surface area contributed by atoms with Gasteiger partial charge in [-0.2, -0.15) is 4.98 Å². The monoisotopic (exact) mass is 403 g/mol. The first kappa shape index (κ1) is 18.3. The number of anilines is 3. The zero-order valence-electron chi connectivity index (χ0n) is 16.7. The van der Waals surface area contributed by atoms with Crippen molar-refractivity contribution in [2.45, 2.75) is 32.7 Å². The van der Waals surface area contributed by atoms with Crippen molar-refractivity contribution >= 4 is 17.8 Å². The maximum atomic E-state index is 5.69. The molecule has 1 unspecified atom stereocenters. The Morgan fingerprint density at radius 1 is 1.10 bits per heavy atom. The van der Waals surface area contributed by atoms with Crippen LogP contribution in [0.2, 0.25) is 0 Å². The van der Waals surface area contributed by atoms with Crippen molar-refractivity contribution in [1.82, 2.24) is 25.1 Å². The van der Waals surface area contributed by atoms with Crippen LogP contribution in [0, 0.1) is 13.8 Å². The topological polar surface area (TPSA) is 106 Å². The number of nitrogens with zero attached hydrogens (tertiary/aromatic N) is 6. The lowest BCUT2D eigenvalue weighted by Crippen LogP contribution is -2.25. The summed E-state index contributed by atoms with van der Waals surface area (Å²) >= 11 is 0. The quantitative estimate of drug-likeness (QED) is 0.524. The number of hydrogen-bond donors (Lipinski definition) is 1. The van der Waals surface area contributed by atoms with E-state index in [1.54, 1.807) is 12.4 Å². The van der Waals surface area contributed by atoms with Gasteiger partial charge in [-0.3, -0.25) is 10.3 Å². The molecule has 0 spiro atoms. The van der Waals surface area contributed by atoms with Gasteiger partial charge in [-0.05, 0) is 38.8 Å². The molecule has 1 fully saturated rings. The number of oxazole rings is 1. The second kappa shape index (κ2) is 7.58. The largest absolute Gasteiger partial charge is 0.429 e. The Hall–Kier alpha value is -3.75. The SMILES string of the molecule is Cc1cc(Nc2ncc(C)o2)nc(N2CCCC2c2cc(-c3ccccn3)no2)n1. The fraction of sp³-hybridized carbons (Fsp3) is 0.286. The van der Waals surface area contributed by atoms with E-state index in [-0.39, 0.29) is 6.04 Å². The summed E-state index contributed by atoms with van der Waals surface area (Å²) in [6.45, 7) is 4.63. The van der Waals surface area contributed by atoms with Gasteiger partial charge in [0.1, 0.15) is 17.3 Å². The van der Waals surface area contributed by atoms with E-state index >= 15 is 0 Å². The van der Waals surface area contributed by atoms with E-state index in [1.807, 2.05) is 44.2 Å². The average molecular weight is 403 g/mol. The summed E-state index contributed by atoms with van der Waals surface area (Å²) in [6, 6.07) is 9.97. The first-order valence-corrected chi connectivity index (χ1v) is 9.85. The molecule has 5 rings (SSSR count). The predicted molar refractivity (Wildman–Crippen MR) is 110 cm³/mol. The van der Waals surface area contributed by atoms with E-state index in [2.05, 4.69) is 30.3 Å². The molecule has 5 heterocycles. The van der Waals surface area contributed by atoms with E-state index in [4.69, 9.17) is 13.9 Å². The number of hydrogen-bond acceptors (Lipinski definition) is 9. The average Bonchev–Trinajstić information content (AvgIpc) is 3.48. The number of aromatic nitrogens is 5. The van der Waals surface area contributed by atoms with Crippen molar-refractivity contribution < 1.29 is 8.94 Å². The molecule has 1 saturated heterocycles. The molecule has 0 radical (unpaired) electrons. The molecule has 0 saturated carbocycles. The molecule has 0 aromatic carbocycles. The molecule has 4 aromatic rings. The van der Waals surface area contributed by atoms with Gasteiger partial charge >= 0.3 is 0 Å². The predicted octanol–water partition coefficient (Wildman–Crippen LogP) is 4.22. The van der Waals surface area contributed by atoms with Gasteiger partial charge in [-0.1, -0.05) is 11.2 Å². The highest BCUT2D eigenvalue weighted by Gasteiger charge is 2.32. The van der Waals surface area contributed by atoms with Crippen molar-refractivity contribution in [1.29, 1.82) is 0 Å². The third-order valence-electron chi connectivity index (χ3n) is 4.99. The minimum atomic E-state index is 0.0218. The summed E-state index contributed by atoms with van der Waals surface area (Å²) < 4.78 is 11.2. The molecule has 0 bridgehead atoms. The minimum absolute atomic E-state index is 0.0218. The van der Waals surface area contributed by atoms with Crippen LogP contribution in [-0.2, 0) is 0 Å². The van der Waals surface area contributed by atoms with Crippen LogP contribution < -0.4 is 10.2 Å². The maximum absolute atomic E-state index is 5.69. The lowest BCUT2D eigenvalue weighted by molar-refractivity contribution is 0.362. The van der Waals surface area contributed by atoms with Crippen LogP contribution in [0.5, 0.6) is 0 Å². The molecule has 30 heavy (non-hydrogen) atoms. The Bertz CT molecular complexity index is 1160. The second-order valence-corrected chi connectivity index (χ2v) is 7.28. The van der Waals surface area contributed by atoms with Crippen LogP contribution in [0.25, 0.3) is 11.4 Å². The number of nitrogens with one attached hydrogen (secondary N) is 1. The zero-order chi connectivity index (χ0) is 20.5. The number of rotatable bonds is 5. The van der Waals surface area contributed by atoms with Crippen LogP contribution in [0.4, 0.5) is 17.8 Å². The highest BCUT2D eigenvalue weighted by Crippen LogP contribution is 2.36. The highest BCUT2D eigenvalue weighted by molar-refractivity contribution is 5.55. The molecule has 1 aliphatic heterocycles. The maximum Gasteiger partial charge on any atom is 0.300 e. The van der Waals surface area contributed by atoms with Gasteiger partial charge in [0.2, 0.25) is 5.95 Å². The fourth-order valence-corrected chi connectivity index (χ4v) is 3.65. The summed E-state index contributed by atoms with van der Waals surface area (Å²) in [6.07, 6.45) is 5.37. The van der Waals surface area contributed by atoms with Crippen molar-refractivity contribution in [2.75, 3.05) is 16.8 Å². The first-order chi connectivity index (χ1) is 14.7. The molecule has 9 heteroatoms. The van der Waals surface area contributed by atoms with Crippen molar-refractivity contribution in [3.05, 3.63) is 59.9 Å². The lowest BCUT2D eigenvalue weighted by atomic mass is 10.1. The molecule has 9 nitrogen and oxygen atoms in total. The summed E-state index contributed by atoms with van der Waals surface area (Å²) in [7, 11) is 0. The normalized spacial score (nSPS) is 16.2. The third-order valence-corrected chi connectivity index (χ3v) is 4.99. The van der Waals surface area contributed by atoms with Crippen molar-refractivity contribution in [3.63, 3.8) is 0 Å². The standard InChI is InChI=1S/C21H21N7O2/c1-13-10-19(26-21-23-12-14(2)29-21)25-20(24-13)28-9-5-7-17(28)18-11-16(27-30-18)15-6-3-4-8-22-15/h3-4,6,8,10-12,17H,5,7,9H2,1-2H3,(H,23,24,25,26). The van der Waals surface area contributed by atoms with Gasteiger partial charge in [0, 0.05) is 30.6 Å². The Labute approximate surface area is 173 Å². The molecule has 1 N–H and O–H groups in total. The van der Waals surface area contributed by atoms with E-state index in [9.17, 15) is 0 Å². The molecule has 0 aliphatic carbocycles. The van der Waals surface area contributed by atoms with Crippen molar-refractivity contribution in [2.24, 2.45) is 0 Å². The van der Waals surface area contributed by atoms with E-state index in [0.29, 0.717) is 17.8 Å². The molecule has 152 valence electrons. The lowest BCUT2D eigenvalue weighted by Gasteiger charge is -2.23. The van der Waals surface area contributed by atoms with Gasteiger partial charge < -0.3 is 13.8 Å².